The molecule has 0 aliphatic carbocycles. The molecule has 0 saturated carbocycles. The normalized spacial score (nSPS) is 9.64. The first-order valence-electron chi connectivity index (χ1n) is 2.70. The van der Waals surface area contributed by atoms with Crippen LogP contribution in [0.4, 0.5) is 0 Å². The number of hydrogen-bond acceptors (Lipinski definition) is 2. The number of rotatable bonds is 1. The molecule has 0 aliphatic heterocycles. The van der Waals surface area contributed by atoms with Crippen molar-refractivity contribution in [3.63, 3.8) is 0 Å². The van der Waals surface area contributed by atoms with Crippen LogP contribution in [0.1, 0.15) is 10.4 Å². The molecule has 1 rings (SSSR count). The average Bonchev–Trinajstić information content (AvgIpc) is 1.85. The fourth-order valence-electron chi connectivity index (χ4n) is 0.601. The molecule has 0 spiro atoms. The molecule has 0 fully saturated rings. The van der Waals surface area contributed by atoms with Gasteiger partial charge in [-0.25, -0.2) is 0 Å². The Hall–Kier alpha value is -0.800. The molecule has 58 valence electrons. The van der Waals surface area contributed by atoms with Crippen molar-refractivity contribution in [3.8, 4) is 0 Å². The number of aromatic nitrogens is 1. The van der Waals surface area contributed by atoms with Crippen molar-refractivity contribution < 1.29 is 4.79 Å². The molecule has 0 amide bonds. The molecule has 0 unspecified atom stereocenters. The minimum Gasteiger partial charge on any atom is -0.312 e. The van der Waals surface area contributed by atoms with Crippen LogP contribution >= 0.6 is 23.2 Å². The SMILES string of the molecule is O=C(Cl)c1ccc(=O)[nH]c1Cl. The van der Waals surface area contributed by atoms with Gasteiger partial charge in [0.1, 0.15) is 5.15 Å². The van der Waals surface area contributed by atoms with Gasteiger partial charge in [-0.15, -0.1) is 0 Å². The van der Waals surface area contributed by atoms with Crippen LogP contribution in [0, 0.1) is 0 Å². The minimum atomic E-state index is -0.689. The molecule has 1 aromatic heterocycles. The lowest BCUT2D eigenvalue weighted by molar-refractivity contribution is 0.108. The van der Waals surface area contributed by atoms with Crippen molar-refractivity contribution in [1.82, 2.24) is 4.98 Å². The number of pyridine rings is 1. The Morgan fingerprint density at radius 2 is 2.09 bits per heavy atom. The van der Waals surface area contributed by atoms with E-state index in [-0.39, 0.29) is 16.3 Å². The van der Waals surface area contributed by atoms with Crippen LogP contribution in [0.2, 0.25) is 5.15 Å². The summed E-state index contributed by atoms with van der Waals surface area (Å²) in [6.07, 6.45) is 0. The van der Waals surface area contributed by atoms with Crippen LogP contribution in [0.3, 0.4) is 0 Å². The van der Waals surface area contributed by atoms with Crippen molar-refractivity contribution in [2.75, 3.05) is 0 Å². The van der Waals surface area contributed by atoms with E-state index in [9.17, 15) is 9.59 Å². The largest absolute Gasteiger partial charge is 0.312 e. The van der Waals surface area contributed by atoms with E-state index < -0.39 is 5.24 Å². The number of aromatic amines is 1. The minimum absolute atomic E-state index is 0.0301. The highest BCUT2D eigenvalue weighted by Crippen LogP contribution is 2.11. The summed E-state index contributed by atoms with van der Waals surface area (Å²) in [6.45, 7) is 0. The summed E-state index contributed by atoms with van der Waals surface area (Å²) in [5, 5.41) is -0.719. The van der Waals surface area contributed by atoms with Gasteiger partial charge in [-0.05, 0) is 17.7 Å². The molecular weight excluding hydrogens is 189 g/mol. The van der Waals surface area contributed by atoms with Crippen LogP contribution in [0.15, 0.2) is 16.9 Å². The van der Waals surface area contributed by atoms with E-state index in [1.54, 1.807) is 0 Å². The van der Waals surface area contributed by atoms with Gasteiger partial charge in [0.2, 0.25) is 5.56 Å². The van der Waals surface area contributed by atoms with Crippen LogP contribution in [0.25, 0.3) is 0 Å². The quantitative estimate of drug-likeness (QED) is 0.540. The topological polar surface area (TPSA) is 49.9 Å². The third-order valence-electron chi connectivity index (χ3n) is 1.08. The van der Waals surface area contributed by atoms with Crippen LogP contribution < -0.4 is 5.56 Å². The van der Waals surface area contributed by atoms with Gasteiger partial charge in [0.15, 0.2) is 0 Å². The molecule has 1 aromatic rings. The van der Waals surface area contributed by atoms with Gasteiger partial charge in [0, 0.05) is 6.07 Å². The molecular formula is C6H3Cl2NO2. The van der Waals surface area contributed by atoms with Crippen LogP contribution in [-0.2, 0) is 0 Å². The molecule has 1 N–H and O–H groups in total. The van der Waals surface area contributed by atoms with Crippen molar-refractivity contribution in [1.29, 1.82) is 0 Å². The van der Waals surface area contributed by atoms with Gasteiger partial charge in [0.05, 0.1) is 5.56 Å². The lowest BCUT2D eigenvalue weighted by Crippen LogP contribution is -2.06. The number of carbonyl (C=O) groups is 1. The Kier molecular flexibility index (Phi) is 2.31. The lowest BCUT2D eigenvalue weighted by Gasteiger charge is -1.94. The zero-order valence-electron chi connectivity index (χ0n) is 5.23. The highest BCUT2D eigenvalue weighted by atomic mass is 35.5. The monoisotopic (exact) mass is 191 g/mol. The predicted molar refractivity (Wildman–Crippen MR) is 42.3 cm³/mol. The third kappa shape index (κ3) is 1.82. The van der Waals surface area contributed by atoms with Crippen LogP contribution in [0.5, 0.6) is 0 Å². The summed E-state index contributed by atoms with van der Waals surface area (Å²) in [7, 11) is 0. The molecule has 5 heteroatoms. The number of halogens is 2. The Labute approximate surface area is 71.9 Å². The summed E-state index contributed by atoms with van der Waals surface area (Å²) in [6, 6.07) is 2.46. The number of H-pyrrole nitrogens is 1. The summed E-state index contributed by atoms with van der Waals surface area (Å²) < 4.78 is 0. The molecule has 0 saturated heterocycles. The van der Waals surface area contributed by atoms with Crippen molar-refractivity contribution in [2.24, 2.45) is 0 Å². The standard InChI is InChI=1S/C6H3Cl2NO2/c7-5-3(6(8)11)1-2-4(10)9-5/h1-2H,(H,9,10). The van der Waals surface area contributed by atoms with Gasteiger partial charge < -0.3 is 4.98 Å². The van der Waals surface area contributed by atoms with E-state index in [0.717, 1.165) is 0 Å². The van der Waals surface area contributed by atoms with Crippen LogP contribution in [-0.4, -0.2) is 10.2 Å². The van der Waals surface area contributed by atoms with E-state index in [4.69, 9.17) is 23.2 Å². The summed E-state index contributed by atoms with van der Waals surface area (Å²) >= 11 is 10.6. The Morgan fingerprint density at radius 3 is 2.55 bits per heavy atom. The first-order valence-corrected chi connectivity index (χ1v) is 3.45. The first kappa shape index (κ1) is 8.30. The second-order valence-corrected chi connectivity index (χ2v) is 2.55. The number of hydrogen-bond donors (Lipinski definition) is 1. The fourth-order valence-corrected chi connectivity index (χ4v) is 1.05. The maximum Gasteiger partial charge on any atom is 0.255 e. The number of nitrogens with one attached hydrogen (secondary N) is 1. The van der Waals surface area contributed by atoms with Gasteiger partial charge >= 0.3 is 0 Å². The first-order chi connectivity index (χ1) is 5.11. The second kappa shape index (κ2) is 3.07. The highest BCUT2D eigenvalue weighted by molar-refractivity contribution is 6.68. The number of carbonyl (C=O) groups excluding carboxylic acids is 1. The molecule has 1 heterocycles. The van der Waals surface area contributed by atoms with Crippen molar-refractivity contribution in [2.45, 2.75) is 0 Å². The predicted octanol–water partition coefficient (Wildman–Crippen LogP) is 1.41. The highest BCUT2D eigenvalue weighted by Gasteiger charge is 2.06. The molecule has 0 aromatic carbocycles. The fraction of sp³-hybridized carbons (Fsp3) is 0. The van der Waals surface area contributed by atoms with E-state index >= 15 is 0 Å². The molecule has 0 bridgehead atoms. The second-order valence-electron chi connectivity index (χ2n) is 1.82. The van der Waals surface area contributed by atoms with Crippen molar-refractivity contribution >= 4 is 28.4 Å². The van der Waals surface area contributed by atoms with Gasteiger partial charge in [0.25, 0.3) is 5.24 Å². The average molecular weight is 192 g/mol. The Bertz CT molecular complexity index is 345. The summed E-state index contributed by atoms with van der Waals surface area (Å²) in [4.78, 5) is 23.3. The summed E-state index contributed by atoms with van der Waals surface area (Å²) in [5.41, 5.74) is -0.260. The third-order valence-corrected chi connectivity index (χ3v) is 1.58. The molecule has 0 radical (unpaired) electrons. The smallest absolute Gasteiger partial charge is 0.255 e. The zero-order valence-corrected chi connectivity index (χ0v) is 6.74. The zero-order chi connectivity index (χ0) is 8.43. The summed E-state index contributed by atoms with van der Waals surface area (Å²) in [5.74, 6) is 0. The van der Waals surface area contributed by atoms with Gasteiger partial charge in [-0.3, -0.25) is 9.59 Å². The lowest BCUT2D eigenvalue weighted by atomic mass is 10.3. The Balaban J connectivity index is 3.31. The van der Waals surface area contributed by atoms with Gasteiger partial charge in [-0.1, -0.05) is 11.6 Å². The maximum absolute atomic E-state index is 10.6. The van der Waals surface area contributed by atoms with E-state index in [1.165, 1.54) is 12.1 Å². The van der Waals surface area contributed by atoms with E-state index in [1.807, 2.05) is 0 Å². The molecule has 11 heavy (non-hydrogen) atoms. The van der Waals surface area contributed by atoms with E-state index in [0.29, 0.717) is 0 Å². The molecule has 0 atom stereocenters. The maximum atomic E-state index is 10.6. The Morgan fingerprint density at radius 1 is 1.45 bits per heavy atom. The van der Waals surface area contributed by atoms with E-state index in [2.05, 4.69) is 4.98 Å². The van der Waals surface area contributed by atoms with Crippen molar-refractivity contribution in [3.05, 3.63) is 33.2 Å². The molecule has 0 aliphatic rings. The van der Waals surface area contributed by atoms with Gasteiger partial charge in [-0.2, -0.15) is 0 Å². The molecule has 3 nitrogen and oxygen atoms in total.